The van der Waals surface area contributed by atoms with Crippen molar-refractivity contribution in [3.05, 3.63) is 12.8 Å². The predicted octanol–water partition coefficient (Wildman–Crippen LogP) is 2.94. The van der Waals surface area contributed by atoms with Crippen molar-refractivity contribution < 1.29 is 0 Å². The van der Waals surface area contributed by atoms with Crippen molar-refractivity contribution in [1.29, 1.82) is 0 Å². The van der Waals surface area contributed by atoms with E-state index in [2.05, 4.69) is 32.3 Å². The maximum atomic E-state index is 3.90. The van der Waals surface area contributed by atoms with Gasteiger partial charge in [0.25, 0.3) is 0 Å². The maximum Gasteiger partial charge on any atom is 0.0599 e. The van der Waals surface area contributed by atoms with Gasteiger partial charge in [0.2, 0.25) is 0 Å². The molecule has 0 aliphatic carbocycles. The second-order valence-corrected chi connectivity index (χ2v) is 3.75. The number of aliphatic imine (C=N–C) groups is 1. The molecule has 0 aromatic heterocycles. The standard InChI is InChI=1S/C8H15NS/c1-5-9-6-10-8(4)7(2)3/h5-8H,1H2,2-4H3/b9-6-. The van der Waals surface area contributed by atoms with Crippen LogP contribution in [0.4, 0.5) is 0 Å². The summed E-state index contributed by atoms with van der Waals surface area (Å²) in [5.41, 5.74) is 1.84. The first-order valence-corrected chi connectivity index (χ1v) is 4.40. The first-order chi connectivity index (χ1) is 4.68. The second kappa shape index (κ2) is 5.54. The Labute approximate surface area is 67.6 Å². The van der Waals surface area contributed by atoms with Gasteiger partial charge in [-0.15, -0.1) is 11.8 Å². The third kappa shape index (κ3) is 4.62. The van der Waals surface area contributed by atoms with Crippen molar-refractivity contribution in [2.24, 2.45) is 10.9 Å². The molecule has 0 aromatic rings. The van der Waals surface area contributed by atoms with Crippen LogP contribution in [0.1, 0.15) is 20.8 Å². The molecule has 0 aromatic carbocycles. The molecule has 0 heterocycles. The van der Waals surface area contributed by atoms with Gasteiger partial charge in [-0.2, -0.15) is 0 Å². The lowest BCUT2D eigenvalue weighted by molar-refractivity contribution is 0.644. The van der Waals surface area contributed by atoms with Crippen molar-refractivity contribution in [2.75, 3.05) is 0 Å². The lowest BCUT2D eigenvalue weighted by atomic mass is 10.2. The van der Waals surface area contributed by atoms with Crippen molar-refractivity contribution in [1.82, 2.24) is 0 Å². The monoisotopic (exact) mass is 157 g/mol. The smallest absolute Gasteiger partial charge is 0.0599 e. The van der Waals surface area contributed by atoms with Gasteiger partial charge < -0.3 is 0 Å². The van der Waals surface area contributed by atoms with Crippen LogP contribution in [0.3, 0.4) is 0 Å². The highest BCUT2D eigenvalue weighted by molar-refractivity contribution is 8.12. The van der Waals surface area contributed by atoms with Crippen LogP contribution in [0.5, 0.6) is 0 Å². The summed E-state index contributed by atoms with van der Waals surface area (Å²) in [6.07, 6.45) is 1.56. The first kappa shape index (κ1) is 9.76. The number of hydrogen-bond acceptors (Lipinski definition) is 2. The largest absolute Gasteiger partial charge is 0.258 e. The first-order valence-electron chi connectivity index (χ1n) is 3.46. The van der Waals surface area contributed by atoms with Crippen molar-refractivity contribution in [3.8, 4) is 0 Å². The Hall–Kier alpha value is -0.240. The third-order valence-corrected chi connectivity index (χ3v) is 2.60. The summed E-state index contributed by atoms with van der Waals surface area (Å²) in [6, 6.07) is 0. The minimum atomic E-state index is 0.642. The van der Waals surface area contributed by atoms with Crippen LogP contribution in [0.2, 0.25) is 0 Å². The molecule has 10 heavy (non-hydrogen) atoms. The van der Waals surface area contributed by atoms with Gasteiger partial charge in [0.05, 0.1) is 5.55 Å². The zero-order valence-corrected chi connectivity index (χ0v) is 7.69. The molecule has 0 N–H and O–H groups in total. The molecule has 1 nitrogen and oxygen atoms in total. The molecule has 58 valence electrons. The molecule has 0 amide bonds. The minimum absolute atomic E-state index is 0.642. The van der Waals surface area contributed by atoms with Crippen molar-refractivity contribution >= 4 is 17.3 Å². The third-order valence-electron chi connectivity index (χ3n) is 1.38. The summed E-state index contributed by atoms with van der Waals surface area (Å²) in [5.74, 6) is 0.710. The Bertz CT molecular complexity index is 118. The van der Waals surface area contributed by atoms with E-state index < -0.39 is 0 Å². The van der Waals surface area contributed by atoms with E-state index in [0.29, 0.717) is 11.2 Å². The summed E-state index contributed by atoms with van der Waals surface area (Å²) >= 11 is 1.75. The molecule has 0 aliphatic rings. The molecule has 0 aliphatic heterocycles. The van der Waals surface area contributed by atoms with Crippen LogP contribution >= 0.6 is 11.8 Å². The van der Waals surface area contributed by atoms with Crippen LogP contribution in [-0.4, -0.2) is 10.8 Å². The van der Waals surface area contributed by atoms with Gasteiger partial charge in [-0.1, -0.05) is 27.4 Å². The highest BCUT2D eigenvalue weighted by atomic mass is 32.2. The minimum Gasteiger partial charge on any atom is -0.258 e. The fourth-order valence-electron chi connectivity index (χ4n) is 0.331. The van der Waals surface area contributed by atoms with Gasteiger partial charge in [-0.3, -0.25) is 4.99 Å². The molecule has 0 saturated carbocycles. The molecule has 2 heteroatoms. The van der Waals surface area contributed by atoms with Gasteiger partial charge in [0, 0.05) is 11.4 Å². The average molecular weight is 157 g/mol. The average Bonchev–Trinajstić information content (AvgIpc) is 1.88. The molecule has 0 fully saturated rings. The highest BCUT2D eigenvalue weighted by Crippen LogP contribution is 2.15. The molecule has 1 atom stereocenters. The van der Waals surface area contributed by atoms with E-state index in [9.17, 15) is 0 Å². The van der Waals surface area contributed by atoms with E-state index >= 15 is 0 Å². The summed E-state index contributed by atoms with van der Waals surface area (Å²) < 4.78 is 0. The fraction of sp³-hybridized carbons (Fsp3) is 0.625. The Morgan fingerprint density at radius 3 is 2.40 bits per heavy atom. The molecule has 0 bridgehead atoms. The predicted molar refractivity (Wildman–Crippen MR) is 50.6 cm³/mol. The normalized spacial score (nSPS) is 14.4. The van der Waals surface area contributed by atoms with Crippen LogP contribution in [0.15, 0.2) is 17.8 Å². The van der Waals surface area contributed by atoms with Gasteiger partial charge in [-0.05, 0) is 5.92 Å². The van der Waals surface area contributed by atoms with Crippen LogP contribution in [0, 0.1) is 5.92 Å². The molecule has 0 radical (unpaired) electrons. The van der Waals surface area contributed by atoms with Crippen molar-refractivity contribution in [2.45, 2.75) is 26.0 Å². The zero-order chi connectivity index (χ0) is 7.98. The summed E-state index contributed by atoms with van der Waals surface area (Å²) in [7, 11) is 0. The van der Waals surface area contributed by atoms with Crippen LogP contribution in [0.25, 0.3) is 0 Å². The highest BCUT2D eigenvalue weighted by Gasteiger charge is 2.04. The molecular formula is C8H15NS. The van der Waals surface area contributed by atoms with E-state index in [1.54, 1.807) is 18.0 Å². The molecule has 1 unspecified atom stereocenters. The van der Waals surface area contributed by atoms with E-state index in [1.807, 2.05) is 5.55 Å². The topological polar surface area (TPSA) is 12.4 Å². The lowest BCUT2D eigenvalue weighted by Gasteiger charge is -2.10. The van der Waals surface area contributed by atoms with Crippen molar-refractivity contribution in [3.63, 3.8) is 0 Å². The van der Waals surface area contributed by atoms with E-state index in [-0.39, 0.29) is 0 Å². The number of hydrogen-bond donors (Lipinski definition) is 0. The van der Waals surface area contributed by atoms with Gasteiger partial charge in [0.15, 0.2) is 0 Å². The molecule has 0 spiro atoms. The quantitative estimate of drug-likeness (QED) is 0.451. The Morgan fingerprint density at radius 2 is 2.00 bits per heavy atom. The summed E-state index contributed by atoms with van der Waals surface area (Å²) in [4.78, 5) is 3.90. The van der Waals surface area contributed by atoms with Gasteiger partial charge in [0.1, 0.15) is 0 Å². The maximum absolute atomic E-state index is 3.90. The number of thioether (sulfide) groups is 1. The van der Waals surface area contributed by atoms with E-state index in [0.717, 1.165) is 0 Å². The van der Waals surface area contributed by atoms with Crippen LogP contribution in [-0.2, 0) is 0 Å². The number of rotatable bonds is 4. The Kier molecular flexibility index (Phi) is 5.40. The second-order valence-electron chi connectivity index (χ2n) is 2.52. The zero-order valence-electron chi connectivity index (χ0n) is 6.87. The SMILES string of the molecule is C=C/N=C\SC(C)C(C)C. The van der Waals surface area contributed by atoms with E-state index in [1.165, 1.54) is 0 Å². The Balaban J connectivity index is 3.48. The van der Waals surface area contributed by atoms with Gasteiger partial charge >= 0.3 is 0 Å². The summed E-state index contributed by atoms with van der Waals surface area (Å²) in [6.45, 7) is 10.1. The summed E-state index contributed by atoms with van der Waals surface area (Å²) in [5, 5.41) is 0.642. The van der Waals surface area contributed by atoms with Crippen LogP contribution < -0.4 is 0 Å². The fourth-order valence-corrected chi connectivity index (χ4v) is 0.994. The lowest BCUT2D eigenvalue weighted by Crippen LogP contribution is -2.04. The van der Waals surface area contributed by atoms with Gasteiger partial charge in [-0.25, -0.2) is 0 Å². The molecular weight excluding hydrogens is 142 g/mol. The number of nitrogens with zero attached hydrogens (tertiary/aromatic N) is 1. The molecule has 0 saturated heterocycles. The Morgan fingerprint density at radius 1 is 1.40 bits per heavy atom. The van der Waals surface area contributed by atoms with E-state index in [4.69, 9.17) is 0 Å². The molecule has 0 rings (SSSR count).